The van der Waals surface area contributed by atoms with E-state index < -0.39 is 18.1 Å². The van der Waals surface area contributed by atoms with Crippen LogP contribution in [0.25, 0.3) is 0 Å². The molecule has 0 spiro atoms. The molecule has 5 heteroatoms. The molecule has 1 aliphatic rings. The highest BCUT2D eigenvalue weighted by atomic mass is 16.4. The number of hydrogen-bond acceptors (Lipinski definition) is 3. The second kappa shape index (κ2) is 6.05. The molecule has 0 unspecified atom stereocenters. The predicted octanol–water partition coefficient (Wildman–Crippen LogP) is 1.15. The summed E-state index contributed by atoms with van der Waals surface area (Å²) in [5.74, 6) is -1.25. The van der Waals surface area contributed by atoms with Crippen molar-refractivity contribution in [2.45, 2.75) is 44.8 Å². The molecule has 2 rings (SSSR count). The number of carbonyl (C=O) groups is 2. The van der Waals surface area contributed by atoms with Crippen molar-refractivity contribution in [3.8, 4) is 0 Å². The highest BCUT2D eigenvalue weighted by Gasteiger charge is 2.36. The largest absolute Gasteiger partial charge is 0.480 e. The Morgan fingerprint density at radius 3 is 2.65 bits per heavy atom. The lowest BCUT2D eigenvalue weighted by atomic mass is 9.93. The highest BCUT2D eigenvalue weighted by Crippen LogP contribution is 2.24. The van der Waals surface area contributed by atoms with Gasteiger partial charge in [0.15, 0.2) is 0 Å². The van der Waals surface area contributed by atoms with Crippen LogP contribution in [0.2, 0.25) is 0 Å². The Hall–Kier alpha value is -1.88. The number of benzene rings is 1. The fourth-order valence-corrected chi connectivity index (χ4v) is 2.62. The summed E-state index contributed by atoms with van der Waals surface area (Å²) in [6.07, 6.45) is 1.72. The minimum absolute atomic E-state index is 0.270. The summed E-state index contributed by atoms with van der Waals surface area (Å²) in [4.78, 5) is 25.2. The van der Waals surface area contributed by atoms with Gasteiger partial charge in [-0.1, -0.05) is 37.6 Å². The number of hydrogen-bond donors (Lipinski definition) is 2. The van der Waals surface area contributed by atoms with Gasteiger partial charge in [0.2, 0.25) is 5.91 Å². The van der Waals surface area contributed by atoms with E-state index in [1.54, 1.807) is 0 Å². The van der Waals surface area contributed by atoms with Crippen LogP contribution >= 0.6 is 0 Å². The van der Waals surface area contributed by atoms with E-state index in [4.69, 9.17) is 5.73 Å². The Morgan fingerprint density at radius 2 is 2.05 bits per heavy atom. The van der Waals surface area contributed by atoms with Crippen molar-refractivity contribution < 1.29 is 14.7 Å². The van der Waals surface area contributed by atoms with Gasteiger partial charge in [-0.05, 0) is 17.5 Å². The first-order valence-corrected chi connectivity index (χ1v) is 6.90. The second-order valence-corrected chi connectivity index (χ2v) is 5.19. The van der Waals surface area contributed by atoms with E-state index in [1.165, 1.54) is 4.90 Å². The number of aliphatic carboxylic acids is 1. The number of rotatable bonds is 4. The zero-order valence-corrected chi connectivity index (χ0v) is 11.6. The Morgan fingerprint density at radius 1 is 1.40 bits per heavy atom. The van der Waals surface area contributed by atoms with Crippen molar-refractivity contribution in [2.24, 2.45) is 5.73 Å². The van der Waals surface area contributed by atoms with E-state index in [1.807, 2.05) is 31.2 Å². The van der Waals surface area contributed by atoms with Gasteiger partial charge in [0, 0.05) is 13.0 Å². The molecule has 0 aromatic heterocycles. The van der Waals surface area contributed by atoms with Crippen molar-refractivity contribution >= 4 is 11.9 Å². The summed E-state index contributed by atoms with van der Waals surface area (Å²) in [5.41, 5.74) is 7.85. The maximum Gasteiger partial charge on any atom is 0.326 e. The lowest BCUT2D eigenvalue weighted by molar-refractivity contribution is -0.152. The van der Waals surface area contributed by atoms with Crippen LogP contribution in [0.4, 0.5) is 0 Å². The highest BCUT2D eigenvalue weighted by molar-refractivity contribution is 5.87. The number of nitrogens with two attached hydrogens (primary N) is 1. The summed E-state index contributed by atoms with van der Waals surface area (Å²) >= 11 is 0. The number of carbonyl (C=O) groups excluding carboxylic acids is 1. The Bertz CT molecular complexity index is 516. The molecule has 0 aliphatic carbocycles. The monoisotopic (exact) mass is 276 g/mol. The molecular weight excluding hydrogens is 256 g/mol. The Labute approximate surface area is 118 Å². The molecule has 2 atom stereocenters. The number of carboxylic acids is 1. The molecule has 0 bridgehead atoms. The SMILES string of the molecule is CCC[C@H](N)C(=O)N1Cc2ccccc2C[C@@H]1C(=O)O. The Kier molecular flexibility index (Phi) is 4.39. The molecular formula is C15H20N2O3. The van der Waals surface area contributed by atoms with Crippen molar-refractivity contribution in [1.82, 2.24) is 4.90 Å². The van der Waals surface area contributed by atoms with Crippen LogP contribution in [0.1, 0.15) is 30.9 Å². The van der Waals surface area contributed by atoms with E-state index in [0.29, 0.717) is 19.4 Å². The lowest BCUT2D eigenvalue weighted by Crippen LogP contribution is -2.53. The smallest absolute Gasteiger partial charge is 0.326 e. The third kappa shape index (κ3) is 2.82. The zero-order chi connectivity index (χ0) is 14.7. The van der Waals surface area contributed by atoms with Gasteiger partial charge in [0.1, 0.15) is 6.04 Å². The first-order chi connectivity index (χ1) is 9.54. The molecule has 20 heavy (non-hydrogen) atoms. The van der Waals surface area contributed by atoms with Crippen molar-refractivity contribution in [1.29, 1.82) is 0 Å². The second-order valence-electron chi connectivity index (χ2n) is 5.19. The van der Waals surface area contributed by atoms with Gasteiger partial charge in [-0.25, -0.2) is 4.79 Å². The third-order valence-electron chi connectivity index (χ3n) is 3.73. The van der Waals surface area contributed by atoms with Crippen molar-refractivity contribution in [3.05, 3.63) is 35.4 Å². The minimum atomic E-state index is -0.975. The van der Waals surface area contributed by atoms with Crippen LogP contribution < -0.4 is 5.73 Å². The first kappa shape index (κ1) is 14.5. The van der Waals surface area contributed by atoms with Crippen LogP contribution in [0, 0.1) is 0 Å². The summed E-state index contributed by atoms with van der Waals surface area (Å²) in [5, 5.41) is 9.36. The summed E-state index contributed by atoms with van der Waals surface area (Å²) in [6, 6.07) is 6.19. The number of carboxylic acid groups (broad SMARTS) is 1. The Balaban J connectivity index is 2.26. The van der Waals surface area contributed by atoms with Gasteiger partial charge in [-0.15, -0.1) is 0 Å². The molecule has 108 valence electrons. The minimum Gasteiger partial charge on any atom is -0.480 e. The molecule has 1 aromatic rings. The maximum absolute atomic E-state index is 12.4. The van der Waals surface area contributed by atoms with Gasteiger partial charge >= 0.3 is 5.97 Å². The van der Waals surface area contributed by atoms with Crippen LogP contribution in [0.15, 0.2) is 24.3 Å². The predicted molar refractivity (Wildman–Crippen MR) is 75.0 cm³/mol. The lowest BCUT2D eigenvalue weighted by Gasteiger charge is -2.35. The molecule has 0 saturated heterocycles. The molecule has 0 saturated carbocycles. The molecule has 1 amide bonds. The number of fused-ring (bicyclic) bond motifs is 1. The van der Waals surface area contributed by atoms with E-state index in [9.17, 15) is 14.7 Å². The number of nitrogens with zero attached hydrogens (tertiary/aromatic N) is 1. The maximum atomic E-state index is 12.4. The van der Waals surface area contributed by atoms with Gasteiger partial charge in [-0.2, -0.15) is 0 Å². The average molecular weight is 276 g/mol. The fourth-order valence-electron chi connectivity index (χ4n) is 2.62. The summed E-state index contributed by atoms with van der Waals surface area (Å²) in [6.45, 7) is 2.27. The molecule has 1 aliphatic heterocycles. The molecule has 0 radical (unpaired) electrons. The van der Waals surface area contributed by atoms with Crippen LogP contribution in [-0.4, -0.2) is 34.0 Å². The summed E-state index contributed by atoms with van der Waals surface area (Å²) < 4.78 is 0. The quantitative estimate of drug-likeness (QED) is 0.864. The van der Waals surface area contributed by atoms with Crippen LogP contribution in [-0.2, 0) is 22.6 Å². The van der Waals surface area contributed by atoms with Gasteiger partial charge < -0.3 is 15.7 Å². The molecule has 1 heterocycles. The molecule has 1 aromatic carbocycles. The van der Waals surface area contributed by atoms with E-state index >= 15 is 0 Å². The van der Waals surface area contributed by atoms with E-state index in [0.717, 1.165) is 17.5 Å². The molecule has 5 nitrogen and oxygen atoms in total. The van der Waals surface area contributed by atoms with Gasteiger partial charge in [-0.3, -0.25) is 4.79 Å². The summed E-state index contributed by atoms with van der Waals surface area (Å²) in [7, 11) is 0. The average Bonchev–Trinajstić information content (AvgIpc) is 2.45. The normalized spacial score (nSPS) is 19.3. The molecule has 3 N–H and O–H groups in total. The van der Waals surface area contributed by atoms with Crippen LogP contribution in [0.3, 0.4) is 0 Å². The fraction of sp³-hybridized carbons (Fsp3) is 0.467. The topological polar surface area (TPSA) is 83.6 Å². The van der Waals surface area contributed by atoms with E-state index in [-0.39, 0.29) is 5.91 Å². The number of amides is 1. The van der Waals surface area contributed by atoms with E-state index in [2.05, 4.69) is 0 Å². The first-order valence-electron chi connectivity index (χ1n) is 6.90. The van der Waals surface area contributed by atoms with Crippen molar-refractivity contribution in [3.63, 3.8) is 0 Å². The standard InChI is InChI=1S/C15H20N2O3/c1-2-5-12(16)14(18)17-9-11-7-4-3-6-10(11)8-13(17)15(19)20/h3-4,6-7,12-13H,2,5,8-9,16H2,1H3,(H,19,20)/t12-,13+/m0/s1. The van der Waals surface area contributed by atoms with Gasteiger partial charge in [0.05, 0.1) is 6.04 Å². The van der Waals surface area contributed by atoms with Crippen molar-refractivity contribution in [2.75, 3.05) is 0 Å². The molecule has 0 fully saturated rings. The zero-order valence-electron chi connectivity index (χ0n) is 11.6. The van der Waals surface area contributed by atoms with Crippen LogP contribution in [0.5, 0.6) is 0 Å². The van der Waals surface area contributed by atoms with Gasteiger partial charge in [0.25, 0.3) is 0 Å². The third-order valence-corrected chi connectivity index (χ3v) is 3.73.